The highest BCUT2D eigenvalue weighted by Gasteiger charge is 2.22. The molecule has 1 unspecified atom stereocenters. The van der Waals surface area contributed by atoms with Crippen LogP contribution < -0.4 is 19.5 Å². The lowest BCUT2D eigenvalue weighted by atomic mass is 10.2. The van der Waals surface area contributed by atoms with E-state index in [1.54, 1.807) is 45.0 Å². The number of methoxy groups -OCH3 is 1. The Morgan fingerprint density at radius 3 is 2.48 bits per heavy atom. The van der Waals surface area contributed by atoms with E-state index in [0.29, 0.717) is 22.9 Å². The Kier molecular flexibility index (Phi) is 7.89. The molecule has 0 fully saturated rings. The van der Waals surface area contributed by atoms with Crippen molar-refractivity contribution in [2.75, 3.05) is 12.4 Å². The van der Waals surface area contributed by atoms with E-state index in [1.807, 2.05) is 0 Å². The summed E-state index contributed by atoms with van der Waals surface area (Å²) in [6, 6.07) is 10.7. The highest BCUT2D eigenvalue weighted by atomic mass is 35.5. The maximum absolute atomic E-state index is 12.8. The van der Waals surface area contributed by atoms with Gasteiger partial charge in [0.05, 0.1) is 17.7 Å². The number of anilines is 1. The first-order valence-electron chi connectivity index (χ1n) is 9.09. The zero-order chi connectivity index (χ0) is 21.6. The van der Waals surface area contributed by atoms with E-state index in [2.05, 4.69) is 10.0 Å². The van der Waals surface area contributed by atoms with Crippen LogP contribution in [0.25, 0.3) is 0 Å². The predicted octanol–water partition coefficient (Wildman–Crippen LogP) is 3.83. The summed E-state index contributed by atoms with van der Waals surface area (Å²) in [5.74, 6) is 0.362. The first-order valence-corrected chi connectivity index (χ1v) is 11.0. The van der Waals surface area contributed by atoms with E-state index in [0.717, 1.165) is 0 Å². The summed E-state index contributed by atoms with van der Waals surface area (Å²) in [6.45, 7) is 5.25. The number of hydrogen-bond acceptors (Lipinski definition) is 5. The molecule has 158 valence electrons. The second-order valence-corrected chi connectivity index (χ2v) is 8.75. The first-order chi connectivity index (χ1) is 13.7. The number of carbonyl (C=O) groups excluding carboxylic acids is 1. The van der Waals surface area contributed by atoms with Crippen molar-refractivity contribution in [3.05, 3.63) is 47.5 Å². The summed E-state index contributed by atoms with van der Waals surface area (Å²) in [5.41, 5.74) is 0.234. The van der Waals surface area contributed by atoms with Crippen LogP contribution in [0.3, 0.4) is 0 Å². The molecule has 0 aromatic heterocycles. The van der Waals surface area contributed by atoms with Gasteiger partial charge in [-0.2, -0.15) is 0 Å². The van der Waals surface area contributed by atoms with Crippen LogP contribution in [-0.2, 0) is 14.8 Å². The van der Waals surface area contributed by atoms with Gasteiger partial charge in [-0.15, -0.1) is 0 Å². The molecule has 0 saturated carbocycles. The monoisotopic (exact) mass is 440 g/mol. The number of benzene rings is 2. The molecule has 0 saturated heterocycles. The van der Waals surface area contributed by atoms with Gasteiger partial charge in [0, 0.05) is 11.1 Å². The number of carbonyl (C=O) groups is 1. The van der Waals surface area contributed by atoms with E-state index < -0.39 is 22.0 Å². The summed E-state index contributed by atoms with van der Waals surface area (Å²) in [6.07, 6.45) is -0.402. The number of nitrogens with one attached hydrogen (secondary N) is 2. The quantitative estimate of drug-likeness (QED) is 0.618. The summed E-state index contributed by atoms with van der Waals surface area (Å²) < 4.78 is 38.4. The van der Waals surface area contributed by atoms with Crippen LogP contribution in [0.15, 0.2) is 47.4 Å². The molecule has 7 nitrogen and oxygen atoms in total. The predicted molar refractivity (Wildman–Crippen MR) is 113 cm³/mol. The maximum atomic E-state index is 12.8. The van der Waals surface area contributed by atoms with Crippen molar-refractivity contribution in [2.45, 2.75) is 44.2 Å². The maximum Gasteiger partial charge on any atom is 0.265 e. The van der Waals surface area contributed by atoms with Gasteiger partial charge < -0.3 is 14.8 Å². The largest absolute Gasteiger partial charge is 0.495 e. The van der Waals surface area contributed by atoms with Crippen molar-refractivity contribution >= 4 is 33.2 Å². The number of hydrogen-bond donors (Lipinski definition) is 2. The number of amides is 1. The molecule has 0 bridgehead atoms. The lowest BCUT2D eigenvalue weighted by Crippen LogP contribution is -2.33. The van der Waals surface area contributed by atoms with Crippen LogP contribution in [0.5, 0.6) is 11.5 Å². The molecule has 1 atom stereocenters. The smallest absolute Gasteiger partial charge is 0.265 e. The highest BCUT2D eigenvalue weighted by molar-refractivity contribution is 7.89. The normalized spacial score (nSPS) is 12.5. The Morgan fingerprint density at radius 1 is 1.17 bits per heavy atom. The number of sulfonamides is 1. The second kappa shape index (κ2) is 9.96. The summed E-state index contributed by atoms with van der Waals surface area (Å²) in [4.78, 5) is 12.8. The molecule has 2 aromatic carbocycles. The van der Waals surface area contributed by atoms with E-state index in [4.69, 9.17) is 21.1 Å². The van der Waals surface area contributed by atoms with Gasteiger partial charge in [-0.05, 0) is 56.7 Å². The van der Waals surface area contributed by atoms with Crippen LogP contribution in [0, 0.1) is 0 Å². The zero-order valence-corrected chi connectivity index (χ0v) is 18.3. The molecule has 0 aliphatic rings. The molecule has 2 rings (SSSR count). The fourth-order valence-corrected chi connectivity index (χ4v) is 4.03. The van der Waals surface area contributed by atoms with Gasteiger partial charge in [-0.25, -0.2) is 13.1 Å². The third kappa shape index (κ3) is 6.35. The standard InChI is InChI=1S/C20H25ClN2O5S/c1-5-18(28-15-8-6-7-14(21)11-15)20(24)22-17-12-16(9-10-19(17)27-4)29(25,26)23-13(2)3/h6-13,18,23H,5H2,1-4H3,(H,22,24). The van der Waals surface area contributed by atoms with Crippen molar-refractivity contribution in [3.63, 3.8) is 0 Å². The molecular formula is C20H25ClN2O5S. The summed E-state index contributed by atoms with van der Waals surface area (Å²) >= 11 is 5.96. The summed E-state index contributed by atoms with van der Waals surface area (Å²) in [7, 11) is -2.29. The van der Waals surface area contributed by atoms with Gasteiger partial charge in [-0.3, -0.25) is 4.79 Å². The molecule has 2 aromatic rings. The summed E-state index contributed by atoms with van der Waals surface area (Å²) in [5, 5.41) is 3.19. The van der Waals surface area contributed by atoms with E-state index in [-0.39, 0.29) is 16.6 Å². The van der Waals surface area contributed by atoms with Gasteiger partial charge in [0.25, 0.3) is 5.91 Å². The molecular weight excluding hydrogens is 416 g/mol. The number of ether oxygens (including phenoxy) is 2. The van der Waals surface area contributed by atoms with Gasteiger partial charge in [-0.1, -0.05) is 24.6 Å². The molecule has 0 aliphatic heterocycles. The van der Waals surface area contributed by atoms with Gasteiger partial charge in [0.1, 0.15) is 11.5 Å². The Bertz CT molecular complexity index is 963. The lowest BCUT2D eigenvalue weighted by molar-refractivity contribution is -0.122. The van der Waals surface area contributed by atoms with Crippen molar-refractivity contribution in [2.24, 2.45) is 0 Å². The van der Waals surface area contributed by atoms with Crippen LogP contribution in [0.2, 0.25) is 5.02 Å². The van der Waals surface area contributed by atoms with Crippen molar-refractivity contribution < 1.29 is 22.7 Å². The lowest BCUT2D eigenvalue weighted by Gasteiger charge is -2.19. The van der Waals surface area contributed by atoms with E-state index in [1.165, 1.54) is 25.3 Å². The minimum atomic E-state index is -3.72. The Hall–Kier alpha value is -2.29. The van der Waals surface area contributed by atoms with E-state index >= 15 is 0 Å². The molecule has 29 heavy (non-hydrogen) atoms. The molecule has 0 heterocycles. The molecule has 1 amide bonds. The van der Waals surface area contributed by atoms with Crippen LogP contribution in [0.4, 0.5) is 5.69 Å². The van der Waals surface area contributed by atoms with Crippen molar-refractivity contribution in [1.29, 1.82) is 0 Å². The fraction of sp³-hybridized carbons (Fsp3) is 0.350. The first kappa shape index (κ1) is 23.0. The SMILES string of the molecule is CCC(Oc1cccc(Cl)c1)C(=O)Nc1cc(S(=O)(=O)NC(C)C)ccc1OC. The topological polar surface area (TPSA) is 93.7 Å². The van der Waals surface area contributed by atoms with Gasteiger partial charge in [0.2, 0.25) is 10.0 Å². The third-order valence-electron chi connectivity index (χ3n) is 3.87. The molecule has 0 radical (unpaired) electrons. The zero-order valence-electron chi connectivity index (χ0n) is 16.7. The second-order valence-electron chi connectivity index (χ2n) is 6.60. The molecule has 0 aliphatic carbocycles. The number of halogens is 1. The number of rotatable bonds is 9. The Balaban J connectivity index is 2.26. The average Bonchev–Trinajstić information content (AvgIpc) is 2.65. The van der Waals surface area contributed by atoms with Crippen molar-refractivity contribution in [3.8, 4) is 11.5 Å². The molecule has 0 spiro atoms. The minimum Gasteiger partial charge on any atom is -0.495 e. The van der Waals surface area contributed by atoms with Crippen LogP contribution in [-0.4, -0.2) is 33.6 Å². The van der Waals surface area contributed by atoms with Gasteiger partial charge in [0.15, 0.2) is 6.10 Å². The fourth-order valence-electron chi connectivity index (χ4n) is 2.57. The van der Waals surface area contributed by atoms with Gasteiger partial charge >= 0.3 is 0 Å². The van der Waals surface area contributed by atoms with Crippen LogP contribution in [0.1, 0.15) is 27.2 Å². The van der Waals surface area contributed by atoms with E-state index in [9.17, 15) is 13.2 Å². The highest BCUT2D eigenvalue weighted by Crippen LogP contribution is 2.28. The Morgan fingerprint density at radius 2 is 1.90 bits per heavy atom. The average molecular weight is 441 g/mol. The Labute approximate surface area is 176 Å². The van der Waals surface area contributed by atoms with Crippen molar-refractivity contribution in [1.82, 2.24) is 4.72 Å². The minimum absolute atomic E-state index is 0.0195. The third-order valence-corrected chi connectivity index (χ3v) is 5.76. The molecule has 9 heteroatoms. The van der Waals surface area contributed by atoms with Crippen LogP contribution >= 0.6 is 11.6 Å². The molecule has 2 N–H and O–H groups in total.